The number of carbonyl (C=O) groups is 1. The van der Waals surface area contributed by atoms with Crippen molar-refractivity contribution in [3.05, 3.63) is 0 Å². The lowest BCUT2D eigenvalue weighted by atomic mass is 10.3. The van der Waals surface area contributed by atoms with Crippen LogP contribution in [-0.2, 0) is 19.4 Å². The van der Waals surface area contributed by atoms with E-state index in [2.05, 4.69) is 15.9 Å². The maximum atomic E-state index is 11.0. The van der Waals surface area contributed by atoms with E-state index in [-0.39, 0.29) is 16.3 Å². The highest BCUT2D eigenvalue weighted by atomic mass is 79.9. The van der Waals surface area contributed by atoms with E-state index in [9.17, 15) is 13.2 Å². The van der Waals surface area contributed by atoms with Gasteiger partial charge in [0.25, 0.3) is 0 Å². The highest BCUT2D eigenvalue weighted by Crippen LogP contribution is 2.22. The van der Waals surface area contributed by atoms with Gasteiger partial charge in [-0.25, -0.2) is 8.42 Å². The predicted molar refractivity (Wildman–Crippen MR) is 46.9 cm³/mol. The van der Waals surface area contributed by atoms with E-state index in [1.807, 2.05) is 0 Å². The molecule has 1 fully saturated rings. The molecule has 0 amide bonds. The first-order chi connectivity index (χ1) is 5.41. The van der Waals surface area contributed by atoms with Crippen molar-refractivity contribution in [2.75, 3.05) is 11.5 Å². The second-order valence-corrected chi connectivity index (χ2v) is 6.07. The third kappa shape index (κ3) is 2.45. The molecule has 4 nitrogen and oxygen atoms in total. The molecule has 6 heteroatoms. The van der Waals surface area contributed by atoms with Gasteiger partial charge in [-0.1, -0.05) is 15.9 Å². The molecule has 0 saturated carbocycles. The van der Waals surface area contributed by atoms with Gasteiger partial charge in [-0.2, -0.15) is 0 Å². The average molecular weight is 257 g/mol. The Labute approximate surface area is 79.3 Å². The Morgan fingerprint density at radius 1 is 1.50 bits per heavy atom. The number of sulfone groups is 1. The summed E-state index contributed by atoms with van der Waals surface area (Å²) >= 11 is 3.15. The van der Waals surface area contributed by atoms with E-state index in [4.69, 9.17) is 4.74 Å². The van der Waals surface area contributed by atoms with Gasteiger partial charge < -0.3 is 4.74 Å². The summed E-state index contributed by atoms with van der Waals surface area (Å²) in [6.45, 7) is 1.27. The van der Waals surface area contributed by atoms with Crippen molar-refractivity contribution in [1.82, 2.24) is 0 Å². The van der Waals surface area contributed by atoms with E-state index >= 15 is 0 Å². The second kappa shape index (κ2) is 3.33. The van der Waals surface area contributed by atoms with Crippen molar-refractivity contribution < 1.29 is 17.9 Å². The van der Waals surface area contributed by atoms with Gasteiger partial charge in [-0.15, -0.1) is 0 Å². The maximum Gasteiger partial charge on any atom is 0.302 e. The van der Waals surface area contributed by atoms with Gasteiger partial charge in [-0.05, 0) is 0 Å². The molecule has 0 aliphatic carbocycles. The van der Waals surface area contributed by atoms with Crippen molar-refractivity contribution in [1.29, 1.82) is 0 Å². The van der Waals surface area contributed by atoms with Crippen molar-refractivity contribution in [2.24, 2.45) is 0 Å². The summed E-state index contributed by atoms with van der Waals surface area (Å²) in [4.78, 5) is 10.3. The highest BCUT2D eigenvalue weighted by molar-refractivity contribution is 9.09. The second-order valence-electron chi connectivity index (χ2n) is 2.74. The average Bonchev–Trinajstić information content (AvgIpc) is 2.03. The largest absolute Gasteiger partial charge is 0.460 e. The van der Waals surface area contributed by atoms with Crippen LogP contribution >= 0.6 is 15.9 Å². The van der Waals surface area contributed by atoms with Gasteiger partial charge in [0.2, 0.25) is 0 Å². The summed E-state index contributed by atoms with van der Waals surface area (Å²) in [6, 6.07) is 0. The van der Waals surface area contributed by atoms with Crippen LogP contribution in [0.4, 0.5) is 0 Å². The minimum atomic E-state index is -3.01. The molecule has 0 spiro atoms. The molecule has 0 aromatic carbocycles. The van der Waals surface area contributed by atoms with Crippen molar-refractivity contribution >= 4 is 31.7 Å². The number of ether oxygens (including phenoxy) is 1. The molecule has 0 unspecified atom stereocenters. The molecule has 1 saturated heterocycles. The molecule has 0 bridgehead atoms. The smallest absolute Gasteiger partial charge is 0.302 e. The summed E-state index contributed by atoms with van der Waals surface area (Å²) in [5.41, 5.74) is 0. The number of rotatable bonds is 1. The van der Waals surface area contributed by atoms with Crippen LogP contribution in [0.3, 0.4) is 0 Å². The first-order valence-corrected chi connectivity index (χ1v) is 6.16. The SMILES string of the molecule is CC(=O)O[C@@H]1CS(=O)(=O)C[C@H]1Br. The van der Waals surface area contributed by atoms with Crippen molar-refractivity contribution in [3.8, 4) is 0 Å². The van der Waals surface area contributed by atoms with Gasteiger partial charge in [0, 0.05) is 6.92 Å². The third-order valence-electron chi connectivity index (χ3n) is 1.55. The van der Waals surface area contributed by atoms with Crippen LogP contribution in [0.5, 0.6) is 0 Å². The lowest BCUT2D eigenvalue weighted by Gasteiger charge is -2.11. The first kappa shape index (κ1) is 9.98. The van der Waals surface area contributed by atoms with Gasteiger partial charge in [0.05, 0.1) is 16.3 Å². The fourth-order valence-electron chi connectivity index (χ4n) is 1.09. The molecule has 1 heterocycles. The number of hydrogen-bond donors (Lipinski definition) is 0. The molecule has 0 N–H and O–H groups in total. The molecule has 0 aromatic heterocycles. The van der Waals surface area contributed by atoms with Crippen LogP contribution in [-0.4, -0.2) is 36.8 Å². The van der Waals surface area contributed by atoms with Crippen LogP contribution in [0.25, 0.3) is 0 Å². The number of hydrogen-bond acceptors (Lipinski definition) is 4. The molecule has 0 aromatic rings. The molecule has 70 valence electrons. The van der Waals surface area contributed by atoms with E-state index in [0.29, 0.717) is 0 Å². The van der Waals surface area contributed by atoms with Gasteiger partial charge in [0.15, 0.2) is 9.84 Å². The monoisotopic (exact) mass is 256 g/mol. The van der Waals surface area contributed by atoms with Crippen LogP contribution in [0.1, 0.15) is 6.92 Å². The van der Waals surface area contributed by atoms with E-state index in [0.717, 1.165) is 0 Å². The third-order valence-corrected chi connectivity index (χ3v) is 4.60. The Hall–Kier alpha value is -0.100. The van der Waals surface area contributed by atoms with Crippen LogP contribution in [0, 0.1) is 0 Å². The molecular weight excluding hydrogens is 248 g/mol. The Morgan fingerprint density at radius 2 is 2.08 bits per heavy atom. The lowest BCUT2D eigenvalue weighted by Crippen LogP contribution is -2.24. The van der Waals surface area contributed by atoms with Crippen LogP contribution in [0.2, 0.25) is 0 Å². The molecule has 2 atom stereocenters. The normalized spacial score (nSPS) is 33.2. The topological polar surface area (TPSA) is 60.4 Å². The number of alkyl halides is 1. The van der Waals surface area contributed by atoms with E-state index in [1.165, 1.54) is 6.92 Å². The van der Waals surface area contributed by atoms with Crippen molar-refractivity contribution in [2.45, 2.75) is 17.9 Å². The Morgan fingerprint density at radius 3 is 2.42 bits per heavy atom. The molecule has 1 rings (SSSR count). The van der Waals surface area contributed by atoms with Crippen LogP contribution < -0.4 is 0 Å². The fourth-order valence-corrected chi connectivity index (χ4v) is 4.48. The van der Waals surface area contributed by atoms with Crippen molar-refractivity contribution in [3.63, 3.8) is 0 Å². The zero-order valence-electron chi connectivity index (χ0n) is 6.49. The van der Waals surface area contributed by atoms with Gasteiger partial charge in [0.1, 0.15) is 6.10 Å². The molecule has 12 heavy (non-hydrogen) atoms. The first-order valence-electron chi connectivity index (χ1n) is 3.42. The number of halogens is 1. The zero-order valence-corrected chi connectivity index (χ0v) is 8.89. The molecule has 1 aliphatic heterocycles. The van der Waals surface area contributed by atoms with Crippen LogP contribution in [0.15, 0.2) is 0 Å². The minimum Gasteiger partial charge on any atom is -0.460 e. The Balaban J connectivity index is 2.64. The fraction of sp³-hybridized carbons (Fsp3) is 0.833. The zero-order chi connectivity index (χ0) is 9.35. The van der Waals surface area contributed by atoms with Gasteiger partial charge >= 0.3 is 5.97 Å². The molecule has 0 radical (unpaired) electrons. The van der Waals surface area contributed by atoms with E-state index < -0.39 is 21.9 Å². The molecule has 1 aliphatic rings. The van der Waals surface area contributed by atoms with Gasteiger partial charge in [-0.3, -0.25) is 4.79 Å². The number of carbonyl (C=O) groups excluding carboxylic acids is 1. The summed E-state index contributed by atoms with van der Waals surface area (Å²) in [7, 11) is -3.01. The predicted octanol–water partition coefficient (Wildman–Crippen LogP) is 0.110. The number of esters is 1. The summed E-state index contributed by atoms with van der Waals surface area (Å²) in [5, 5.41) is 0. The lowest BCUT2D eigenvalue weighted by molar-refractivity contribution is -0.144. The van der Waals surface area contributed by atoms with E-state index in [1.54, 1.807) is 0 Å². The summed E-state index contributed by atoms with van der Waals surface area (Å²) < 4.78 is 26.8. The summed E-state index contributed by atoms with van der Waals surface area (Å²) in [6.07, 6.45) is -0.521. The minimum absolute atomic E-state index is 0.0466. The summed E-state index contributed by atoms with van der Waals surface area (Å²) in [5.74, 6) is -0.463. The molecular formula is C6H9BrO4S. The quantitative estimate of drug-likeness (QED) is 0.494. The Bertz CT molecular complexity index is 284. The maximum absolute atomic E-state index is 11.0. The Kier molecular flexibility index (Phi) is 2.77. The highest BCUT2D eigenvalue weighted by Gasteiger charge is 2.38. The standard InChI is InChI=1S/C6H9BrO4S/c1-4(8)11-6-3-12(9,10)2-5(6)7/h5-6H,2-3H2,1H3/t5-,6-/m1/s1.